The maximum absolute atomic E-state index is 14.2. The van der Waals surface area contributed by atoms with Gasteiger partial charge in [-0.1, -0.05) is 35.9 Å². The Balaban J connectivity index is 2.26. The molecule has 0 aliphatic rings. The maximum Gasteiger partial charge on any atom is 0.352 e. The Labute approximate surface area is 179 Å². The minimum Gasteiger partial charge on any atom is -0.338 e. The summed E-state index contributed by atoms with van der Waals surface area (Å²) in [4.78, 5) is 40.7. The molecule has 7 nitrogen and oxygen atoms in total. The lowest BCUT2D eigenvalue weighted by Crippen LogP contribution is -2.46. The summed E-state index contributed by atoms with van der Waals surface area (Å²) < 4.78 is 16.1. The summed E-state index contributed by atoms with van der Waals surface area (Å²) in [5.41, 5.74) is 0.354. The summed E-state index contributed by atoms with van der Waals surface area (Å²) in [6, 6.07) is 11.6. The zero-order chi connectivity index (χ0) is 22.7. The number of halogens is 1. The molecule has 0 aliphatic heterocycles. The molecule has 1 heterocycles. The van der Waals surface area contributed by atoms with E-state index in [9.17, 15) is 18.8 Å². The molecular formula is C23H25FN4O3. The van der Waals surface area contributed by atoms with Crippen molar-refractivity contribution in [2.75, 3.05) is 13.1 Å². The summed E-state index contributed by atoms with van der Waals surface area (Å²) in [7, 11) is 0. The van der Waals surface area contributed by atoms with Gasteiger partial charge in [0.2, 0.25) is 5.69 Å². The lowest BCUT2D eigenvalue weighted by atomic mass is 10.1. The number of hydrogen-bond acceptors (Lipinski definition) is 4. The van der Waals surface area contributed by atoms with Gasteiger partial charge in [0.15, 0.2) is 0 Å². The minimum atomic E-state index is -0.771. The van der Waals surface area contributed by atoms with E-state index in [4.69, 9.17) is 0 Å². The quantitative estimate of drug-likeness (QED) is 0.610. The van der Waals surface area contributed by atoms with E-state index in [0.717, 1.165) is 26.4 Å². The Morgan fingerprint density at radius 1 is 1.06 bits per heavy atom. The van der Waals surface area contributed by atoms with Crippen molar-refractivity contribution in [3.05, 3.63) is 91.5 Å². The summed E-state index contributed by atoms with van der Waals surface area (Å²) in [5, 5.41) is 4.06. The Morgan fingerprint density at radius 2 is 1.77 bits per heavy atom. The van der Waals surface area contributed by atoms with Gasteiger partial charge >= 0.3 is 5.69 Å². The molecule has 0 bridgehead atoms. The second-order valence-corrected chi connectivity index (χ2v) is 7.33. The van der Waals surface area contributed by atoms with Crippen molar-refractivity contribution < 1.29 is 9.18 Å². The Morgan fingerprint density at radius 3 is 2.39 bits per heavy atom. The molecule has 0 atom stereocenters. The van der Waals surface area contributed by atoms with Gasteiger partial charge in [-0.15, -0.1) is 0 Å². The fourth-order valence-corrected chi connectivity index (χ4v) is 3.32. The first-order valence-electron chi connectivity index (χ1n) is 10.1. The summed E-state index contributed by atoms with van der Waals surface area (Å²) >= 11 is 0. The number of rotatable bonds is 6. The van der Waals surface area contributed by atoms with Crippen molar-refractivity contribution in [1.29, 1.82) is 0 Å². The van der Waals surface area contributed by atoms with Crippen molar-refractivity contribution in [3.63, 3.8) is 0 Å². The third kappa shape index (κ3) is 4.47. The van der Waals surface area contributed by atoms with Gasteiger partial charge in [-0.2, -0.15) is 9.78 Å². The van der Waals surface area contributed by atoms with E-state index >= 15 is 0 Å². The predicted octanol–water partition coefficient (Wildman–Crippen LogP) is 2.68. The standard InChI is InChI=1S/C23H25FN4O3/c1-5-26(6-2)21(29)20-22(30)27(14-17-9-7-8-15(3)12-17)23(31)28(25-20)18-11-10-16(4)19(24)13-18/h7-13H,5-6,14H2,1-4H3. The molecule has 0 radical (unpaired) electrons. The van der Waals surface area contributed by atoms with Crippen LogP contribution in [0.3, 0.4) is 0 Å². The molecule has 0 spiro atoms. The first kappa shape index (κ1) is 22.1. The van der Waals surface area contributed by atoms with Crippen LogP contribution in [0.2, 0.25) is 0 Å². The lowest BCUT2D eigenvalue weighted by Gasteiger charge is -2.19. The van der Waals surface area contributed by atoms with E-state index in [-0.39, 0.29) is 17.9 Å². The fourth-order valence-electron chi connectivity index (χ4n) is 3.32. The van der Waals surface area contributed by atoms with Crippen LogP contribution in [0.15, 0.2) is 52.1 Å². The molecule has 1 amide bonds. The monoisotopic (exact) mass is 424 g/mol. The first-order valence-corrected chi connectivity index (χ1v) is 10.1. The Hall–Kier alpha value is -3.55. The fraction of sp³-hybridized carbons (Fsp3) is 0.304. The Kier molecular flexibility index (Phi) is 6.48. The number of nitrogens with zero attached hydrogens (tertiary/aromatic N) is 4. The van der Waals surface area contributed by atoms with Crippen LogP contribution in [0.5, 0.6) is 0 Å². The van der Waals surface area contributed by atoms with Crippen molar-refractivity contribution in [2.45, 2.75) is 34.2 Å². The molecule has 162 valence electrons. The molecule has 2 aromatic carbocycles. The van der Waals surface area contributed by atoms with Crippen LogP contribution in [0, 0.1) is 19.7 Å². The van der Waals surface area contributed by atoms with Crippen LogP contribution in [0.4, 0.5) is 4.39 Å². The third-order valence-corrected chi connectivity index (χ3v) is 5.14. The van der Waals surface area contributed by atoms with E-state index in [1.54, 1.807) is 26.8 Å². The lowest BCUT2D eigenvalue weighted by molar-refractivity contribution is 0.0761. The van der Waals surface area contributed by atoms with Gasteiger partial charge in [-0.05, 0) is 44.9 Å². The van der Waals surface area contributed by atoms with Gasteiger partial charge in [0.25, 0.3) is 11.5 Å². The average molecular weight is 424 g/mol. The number of hydrogen-bond donors (Lipinski definition) is 0. The SMILES string of the molecule is CCN(CC)C(=O)c1nn(-c2ccc(C)c(F)c2)c(=O)n(Cc2cccc(C)c2)c1=O. The van der Waals surface area contributed by atoms with Crippen LogP contribution in [0.25, 0.3) is 5.69 Å². The second kappa shape index (κ2) is 9.07. The van der Waals surface area contributed by atoms with E-state index in [1.165, 1.54) is 17.0 Å². The predicted molar refractivity (Wildman–Crippen MR) is 116 cm³/mol. The van der Waals surface area contributed by atoms with Crippen LogP contribution in [0.1, 0.15) is 41.0 Å². The van der Waals surface area contributed by atoms with Crippen LogP contribution >= 0.6 is 0 Å². The van der Waals surface area contributed by atoms with Crippen LogP contribution in [-0.4, -0.2) is 38.2 Å². The molecular weight excluding hydrogens is 399 g/mol. The highest BCUT2D eigenvalue weighted by Gasteiger charge is 2.23. The molecule has 0 saturated heterocycles. The van der Waals surface area contributed by atoms with E-state index < -0.39 is 23.0 Å². The van der Waals surface area contributed by atoms with E-state index in [1.807, 2.05) is 25.1 Å². The molecule has 31 heavy (non-hydrogen) atoms. The van der Waals surface area contributed by atoms with Gasteiger partial charge in [0.05, 0.1) is 12.2 Å². The zero-order valence-corrected chi connectivity index (χ0v) is 18.1. The first-order chi connectivity index (χ1) is 14.8. The average Bonchev–Trinajstić information content (AvgIpc) is 2.74. The van der Waals surface area contributed by atoms with Crippen molar-refractivity contribution >= 4 is 5.91 Å². The van der Waals surface area contributed by atoms with E-state index in [0.29, 0.717) is 18.7 Å². The van der Waals surface area contributed by atoms with Gasteiger partial charge in [-0.3, -0.25) is 14.2 Å². The largest absolute Gasteiger partial charge is 0.352 e. The number of aromatic nitrogens is 3. The molecule has 1 aromatic heterocycles. The summed E-state index contributed by atoms with van der Waals surface area (Å²) in [6.45, 7) is 7.81. The van der Waals surface area contributed by atoms with Crippen LogP contribution in [-0.2, 0) is 6.54 Å². The number of carbonyl (C=O) groups excluding carboxylic acids is 1. The molecule has 0 saturated carbocycles. The van der Waals surface area contributed by atoms with E-state index in [2.05, 4.69) is 5.10 Å². The number of carbonyl (C=O) groups is 1. The highest BCUT2D eigenvalue weighted by molar-refractivity contribution is 5.91. The molecule has 3 rings (SSSR count). The Bertz CT molecular complexity index is 1240. The molecule has 0 aliphatic carbocycles. The molecule has 0 fully saturated rings. The topological polar surface area (TPSA) is 77.2 Å². The molecule has 0 unspecified atom stereocenters. The van der Waals surface area contributed by atoms with Crippen molar-refractivity contribution in [2.24, 2.45) is 0 Å². The highest BCUT2D eigenvalue weighted by atomic mass is 19.1. The highest BCUT2D eigenvalue weighted by Crippen LogP contribution is 2.12. The van der Waals surface area contributed by atoms with Gasteiger partial charge in [0, 0.05) is 19.2 Å². The number of benzene rings is 2. The molecule has 3 aromatic rings. The van der Waals surface area contributed by atoms with Crippen molar-refractivity contribution in [1.82, 2.24) is 19.2 Å². The maximum atomic E-state index is 14.2. The normalized spacial score (nSPS) is 10.9. The summed E-state index contributed by atoms with van der Waals surface area (Å²) in [5.74, 6) is -1.09. The zero-order valence-electron chi connectivity index (χ0n) is 18.1. The molecule has 8 heteroatoms. The number of aryl methyl sites for hydroxylation is 2. The number of amides is 1. The van der Waals surface area contributed by atoms with Crippen LogP contribution < -0.4 is 11.2 Å². The minimum absolute atomic E-state index is 0.0330. The summed E-state index contributed by atoms with van der Waals surface area (Å²) in [6.07, 6.45) is 0. The molecule has 0 N–H and O–H groups in total. The third-order valence-electron chi connectivity index (χ3n) is 5.14. The van der Waals surface area contributed by atoms with Crippen molar-refractivity contribution in [3.8, 4) is 5.69 Å². The van der Waals surface area contributed by atoms with Gasteiger partial charge in [-0.25, -0.2) is 9.18 Å². The van der Waals surface area contributed by atoms with Gasteiger partial charge < -0.3 is 4.90 Å². The second-order valence-electron chi connectivity index (χ2n) is 7.33. The smallest absolute Gasteiger partial charge is 0.338 e. The van der Waals surface area contributed by atoms with Gasteiger partial charge in [0.1, 0.15) is 5.82 Å².